The van der Waals surface area contributed by atoms with Crippen LogP contribution in [0.25, 0.3) is 10.9 Å². The van der Waals surface area contributed by atoms with Gasteiger partial charge in [-0.15, -0.1) is 0 Å². The van der Waals surface area contributed by atoms with E-state index in [2.05, 4.69) is 28.3 Å². The van der Waals surface area contributed by atoms with Gasteiger partial charge in [-0.3, -0.25) is 9.67 Å². The molecule has 4 N–H and O–H groups in total. The highest BCUT2D eigenvalue weighted by Gasteiger charge is 2.29. The van der Waals surface area contributed by atoms with Crippen molar-refractivity contribution in [3.8, 4) is 5.88 Å². The van der Waals surface area contributed by atoms with Gasteiger partial charge in [0.15, 0.2) is 0 Å². The summed E-state index contributed by atoms with van der Waals surface area (Å²) < 4.78 is 7.63. The van der Waals surface area contributed by atoms with Crippen LogP contribution in [0.2, 0.25) is 0 Å². The van der Waals surface area contributed by atoms with E-state index >= 15 is 0 Å². The van der Waals surface area contributed by atoms with Crippen molar-refractivity contribution >= 4 is 16.7 Å². The van der Waals surface area contributed by atoms with E-state index in [0.717, 1.165) is 29.6 Å². The molecule has 130 valence electrons. The average Bonchev–Trinajstić information content (AvgIpc) is 2.81. The second kappa shape index (κ2) is 6.21. The third-order valence-electron chi connectivity index (χ3n) is 4.34. The number of aryl methyl sites for hydroxylation is 1. The zero-order valence-electron chi connectivity index (χ0n) is 14.0. The number of nitrogens with two attached hydrogens (primary N) is 1. The summed E-state index contributed by atoms with van der Waals surface area (Å²) >= 11 is 0. The number of hydrogen-bond donors (Lipinski definition) is 3. The van der Waals surface area contributed by atoms with Gasteiger partial charge in [0.1, 0.15) is 12.4 Å². The molecule has 1 aliphatic heterocycles. The molecule has 2 aromatic heterocycles. The van der Waals surface area contributed by atoms with Gasteiger partial charge in [-0.2, -0.15) is 10.1 Å². The first-order chi connectivity index (χ1) is 12.2. The number of aromatic nitrogens is 4. The molecule has 3 heterocycles. The van der Waals surface area contributed by atoms with Crippen molar-refractivity contribution < 1.29 is 4.74 Å². The highest BCUT2D eigenvalue weighted by Crippen LogP contribution is 2.35. The molecule has 3 aromatic rings. The first-order valence-corrected chi connectivity index (χ1v) is 8.40. The molecule has 1 aliphatic rings. The molecule has 1 unspecified atom stereocenters. The second-order valence-electron chi connectivity index (χ2n) is 6.04. The van der Waals surface area contributed by atoms with Gasteiger partial charge in [-0.05, 0) is 12.5 Å². The van der Waals surface area contributed by atoms with Crippen LogP contribution in [0.1, 0.15) is 30.6 Å². The number of nitrogen functional groups attached to an aromatic ring is 1. The third-order valence-corrected chi connectivity index (χ3v) is 4.34. The Hall–Kier alpha value is -2.87. The summed E-state index contributed by atoms with van der Waals surface area (Å²) in [5, 5.41) is 9.30. The monoisotopic (exact) mass is 340 g/mol. The van der Waals surface area contributed by atoms with Crippen molar-refractivity contribution in [1.29, 1.82) is 0 Å². The number of benzene rings is 1. The van der Waals surface area contributed by atoms with Gasteiger partial charge >= 0.3 is 5.69 Å². The largest absolute Gasteiger partial charge is 0.476 e. The van der Waals surface area contributed by atoms with Crippen molar-refractivity contribution in [3.63, 3.8) is 0 Å². The fourth-order valence-corrected chi connectivity index (χ4v) is 3.30. The van der Waals surface area contributed by atoms with Gasteiger partial charge in [0, 0.05) is 18.5 Å². The second-order valence-corrected chi connectivity index (χ2v) is 6.04. The maximum atomic E-state index is 11.7. The number of para-hydroxylation sites is 1. The van der Waals surface area contributed by atoms with Crippen LogP contribution < -0.4 is 21.5 Å². The highest BCUT2D eigenvalue weighted by molar-refractivity contribution is 5.83. The lowest BCUT2D eigenvalue weighted by molar-refractivity contribution is 0.312. The molecule has 1 aromatic carbocycles. The molecule has 0 fully saturated rings. The Labute approximate surface area is 144 Å². The zero-order valence-corrected chi connectivity index (χ0v) is 14.0. The van der Waals surface area contributed by atoms with Crippen LogP contribution in [-0.4, -0.2) is 32.9 Å². The van der Waals surface area contributed by atoms with E-state index in [9.17, 15) is 4.79 Å². The number of fused-ring (bicyclic) bond motifs is 2. The molecule has 8 nitrogen and oxygen atoms in total. The number of nitrogens with zero attached hydrogens (tertiary/aromatic N) is 3. The molecular weight excluding hydrogens is 320 g/mol. The maximum Gasteiger partial charge on any atom is 0.349 e. The third kappa shape index (κ3) is 2.64. The van der Waals surface area contributed by atoms with Crippen LogP contribution in [0.15, 0.2) is 29.1 Å². The molecule has 0 saturated carbocycles. The number of aromatic amines is 1. The Morgan fingerprint density at radius 3 is 3.08 bits per heavy atom. The molecule has 8 heteroatoms. The number of anilines is 1. The number of ether oxygens (including phenoxy) is 1. The topological polar surface area (TPSA) is 111 Å². The normalized spacial score (nSPS) is 17.1. The molecule has 0 spiro atoms. The molecule has 0 radical (unpaired) electrons. The van der Waals surface area contributed by atoms with E-state index in [0.29, 0.717) is 18.7 Å². The summed E-state index contributed by atoms with van der Waals surface area (Å²) in [7, 11) is 0. The molecular formula is C17H20N6O2. The molecule has 25 heavy (non-hydrogen) atoms. The molecule has 0 saturated heterocycles. The fourth-order valence-electron chi connectivity index (χ4n) is 3.30. The summed E-state index contributed by atoms with van der Waals surface area (Å²) in [5.74, 6) is 0.522. The van der Waals surface area contributed by atoms with Gasteiger partial charge < -0.3 is 15.8 Å². The Kier molecular flexibility index (Phi) is 3.89. The smallest absolute Gasteiger partial charge is 0.349 e. The minimum absolute atomic E-state index is 0.253. The van der Waals surface area contributed by atoms with Crippen molar-refractivity contribution in [1.82, 2.24) is 25.1 Å². The quantitative estimate of drug-likeness (QED) is 0.660. The zero-order chi connectivity index (χ0) is 17.4. The van der Waals surface area contributed by atoms with Crippen LogP contribution in [0.5, 0.6) is 5.88 Å². The fraction of sp³-hybridized carbons (Fsp3) is 0.353. The van der Waals surface area contributed by atoms with E-state index in [-0.39, 0.29) is 17.7 Å². The lowest BCUT2D eigenvalue weighted by Gasteiger charge is -2.16. The van der Waals surface area contributed by atoms with E-state index in [4.69, 9.17) is 15.6 Å². The van der Waals surface area contributed by atoms with E-state index in [1.54, 1.807) is 0 Å². The van der Waals surface area contributed by atoms with Crippen molar-refractivity contribution in [2.24, 2.45) is 0 Å². The Bertz CT molecular complexity index is 977. The minimum atomic E-state index is -0.515. The molecule has 0 aliphatic carbocycles. The van der Waals surface area contributed by atoms with Gasteiger partial charge in [-0.25, -0.2) is 4.79 Å². The predicted molar refractivity (Wildman–Crippen MR) is 94.6 cm³/mol. The van der Waals surface area contributed by atoms with E-state index < -0.39 is 5.69 Å². The maximum absolute atomic E-state index is 11.7. The molecule has 4 rings (SSSR count). The van der Waals surface area contributed by atoms with Crippen LogP contribution >= 0.6 is 0 Å². The lowest BCUT2D eigenvalue weighted by Crippen LogP contribution is -2.26. The first kappa shape index (κ1) is 15.6. The van der Waals surface area contributed by atoms with Crippen LogP contribution in [0.3, 0.4) is 0 Å². The van der Waals surface area contributed by atoms with Crippen LogP contribution in [-0.2, 0) is 6.54 Å². The van der Waals surface area contributed by atoms with E-state index in [1.165, 1.54) is 0 Å². The first-order valence-electron chi connectivity index (χ1n) is 8.40. The molecule has 1 atom stereocenters. The number of rotatable bonds is 3. The van der Waals surface area contributed by atoms with Crippen molar-refractivity contribution in [2.45, 2.75) is 25.9 Å². The summed E-state index contributed by atoms with van der Waals surface area (Å²) in [5.41, 5.74) is 8.14. The Morgan fingerprint density at radius 2 is 2.24 bits per heavy atom. The highest BCUT2D eigenvalue weighted by atomic mass is 16.5. The summed E-state index contributed by atoms with van der Waals surface area (Å²) in [6.45, 7) is 3.96. The summed E-state index contributed by atoms with van der Waals surface area (Å²) in [4.78, 5) is 18.2. The Morgan fingerprint density at radius 1 is 1.40 bits per heavy atom. The lowest BCUT2D eigenvalue weighted by atomic mass is 10.0. The average molecular weight is 340 g/mol. The minimum Gasteiger partial charge on any atom is -0.476 e. The number of nitrogens with one attached hydrogen (secondary N) is 2. The summed E-state index contributed by atoms with van der Waals surface area (Å²) in [6, 6.07) is 7.80. The molecule has 0 amide bonds. The van der Waals surface area contributed by atoms with Crippen molar-refractivity contribution in [2.75, 3.05) is 18.9 Å². The Balaban J connectivity index is 1.94. The number of hydrogen-bond acceptors (Lipinski definition) is 6. The van der Waals surface area contributed by atoms with Crippen LogP contribution in [0.4, 0.5) is 5.82 Å². The van der Waals surface area contributed by atoms with Gasteiger partial charge in [-0.1, -0.05) is 25.1 Å². The predicted octanol–water partition coefficient (Wildman–Crippen LogP) is 1.18. The van der Waals surface area contributed by atoms with Gasteiger partial charge in [0.25, 0.3) is 0 Å². The van der Waals surface area contributed by atoms with E-state index in [1.807, 2.05) is 22.9 Å². The summed E-state index contributed by atoms with van der Waals surface area (Å²) in [6.07, 6.45) is 0.986. The molecule has 0 bridgehead atoms. The standard InChI is InChI=1S/C17H20N6O2/c1-2-8-23-11-6-4-3-5-10(11)13(22-23)14-12-15(18)20-17(24)21-16(12)25-9-7-19-14/h3-6,14,19H,2,7-9H2,1H3,(H3,18,20,21,24). The SMILES string of the molecule is CCCn1nc(C2NCCOc3nc(=O)[nH]c(N)c32)c2ccccc21. The van der Waals surface area contributed by atoms with Crippen molar-refractivity contribution in [3.05, 3.63) is 46.0 Å². The number of H-pyrrole nitrogens is 1. The van der Waals surface area contributed by atoms with Gasteiger partial charge in [0.2, 0.25) is 5.88 Å². The van der Waals surface area contributed by atoms with Crippen LogP contribution in [0, 0.1) is 0 Å². The van der Waals surface area contributed by atoms with Gasteiger partial charge in [0.05, 0.1) is 22.8 Å².